The third kappa shape index (κ3) is 4.30. The van der Waals surface area contributed by atoms with Crippen LogP contribution in [0.2, 0.25) is 0 Å². The minimum absolute atomic E-state index is 0.112. The molecular weight excluding hydrogens is 385 g/mol. The average Bonchev–Trinajstić information content (AvgIpc) is 3.26. The molecule has 4 rings (SSSR count). The number of amides is 1. The molecule has 0 unspecified atom stereocenters. The maximum Gasteiger partial charge on any atom is 0.223 e. The molecule has 1 aliphatic rings. The highest BCUT2D eigenvalue weighted by molar-refractivity contribution is 5.77. The lowest BCUT2D eigenvalue weighted by molar-refractivity contribution is -0.131. The standard InChI is InChI=1S/C23H24FN3O3/c1-29-21-5-3-2-4-20(21)26-12-14-27(15-13-26)22(28)11-8-18-16-25-30-23(18)17-6-9-19(24)10-7-17/h2-7,9-10,16H,8,11-15H2,1H3. The van der Waals surface area contributed by atoms with Crippen molar-refractivity contribution in [3.63, 3.8) is 0 Å². The molecule has 1 aromatic heterocycles. The number of hydrogen-bond acceptors (Lipinski definition) is 5. The molecule has 0 saturated carbocycles. The quantitative estimate of drug-likeness (QED) is 0.620. The Morgan fingerprint density at radius 2 is 1.83 bits per heavy atom. The Kier molecular flexibility index (Phi) is 5.97. The molecule has 7 heteroatoms. The van der Waals surface area contributed by atoms with E-state index >= 15 is 0 Å². The van der Waals surface area contributed by atoms with Gasteiger partial charge in [-0.15, -0.1) is 0 Å². The van der Waals surface area contributed by atoms with E-state index < -0.39 is 0 Å². The Morgan fingerprint density at radius 3 is 2.57 bits per heavy atom. The van der Waals surface area contributed by atoms with E-state index in [1.807, 2.05) is 29.2 Å². The van der Waals surface area contributed by atoms with Crippen LogP contribution < -0.4 is 9.64 Å². The van der Waals surface area contributed by atoms with Gasteiger partial charge in [0, 0.05) is 43.7 Å². The van der Waals surface area contributed by atoms with Gasteiger partial charge < -0.3 is 19.1 Å². The number of nitrogens with zero attached hydrogens (tertiary/aromatic N) is 3. The summed E-state index contributed by atoms with van der Waals surface area (Å²) in [6, 6.07) is 14.0. The van der Waals surface area contributed by atoms with Gasteiger partial charge in [-0.05, 0) is 42.8 Å². The topological polar surface area (TPSA) is 58.8 Å². The van der Waals surface area contributed by atoms with Crippen molar-refractivity contribution < 1.29 is 18.4 Å². The molecule has 0 aliphatic carbocycles. The van der Waals surface area contributed by atoms with Gasteiger partial charge in [0.05, 0.1) is 19.0 Å². The minimum atomic E-state index is -0.303. The first-order chi connectivity index (χ1) is 14.7. The van der Waals surface area contributed by atoms with Crippen molar-refractivity contribution in [1.82, 2.24) is 10.1 Å². The summed E-state index contributed by atoms with van der Waals surface area (Å²) in [5, 5.41) is 3.86. The average molecular weight is 409 g/mol. The molecule has 1 aliphatic heterocycles. The van der Waals surface area contributed by atoms with Gasteiger partial charge in [0.1, 0.15) is 11.6 Å². The number of aryl methyl sites for hydroxylation is 1. The van der Waals surface area contributed by atoms with Crippen LogP contribution in [0.4, 0.5) is 10.1 Å². The molecule has 156 valence electrons. The summed E-state index contributed by atoms with van der Waals surface area (Å²) in [4.78, 5) is 16.9. The number of benzene rings is 2. The third-order valence-electron chi connectivity index (χ3n) is 5.42. The van der Waals surface area contributed by atoms with Crippen LogP contribution in [0.3, 0.4) is 0 Å². The van der Waals surface area contributed by atoms with Gasteiger partial charge in [-0.25, -0.2) is 4.39 Å². The van der Waals surface area contributed by atoms with Crippen LogP contribution in [-0.4, -0.2) is 49.3 Å². The molecule has 1 saturated heterocycles. The summed E-state index contributed by atoms with van der Waals surface area (Å²) in [7, 11) is 1.67. The fraction of sp³-hybridized carbons (Fsp3) is 0.304. The Hall–Kier alpha value is -3.35. The van der Waals surface area contributed by atoms with Gasteiger partial charge in [-0.3, -0.25) is 4.79 Å². The van der Waals surface area contributed by atoms with Gasteiger partial charge in [-0.1, -0.05) is 17.3 Å². The Morgan fingerprint density at radius 1 is 1.10 bits per heavy atom. The first-order valence-corrected chi connectivity index (χ1v) is 10.0. The largest absolute Gasteiger partial charge is 0.495 e. The first-order valence-electron chi connectivity index (χ1n) is 10.0. The summed E-state index contributed by atoms with van der Waals surface area (Å²) >= 11 is 0. The second-order valence-electron chi connectivity index (χ2n) is 7.23. The lowest BCUT2D eigenvalue weighted by Crippen LogP contribution is -2.48. The van der Waals surface area contributed by atoms with Crippen molar-refractivity contribution in [2.45, 2.75) is 12.8 Å². The van der Waals surface area contributed by atoms with E-state index in [1.54, 1.807) is 25.4 Å². The fourth-order valence-electron chi connectivity index (χ4n) is 3.76. The van der Waals surface area contributed by atoms with Crippen molar-refractivity contribution in [1.29, 1.82) is 0 Å². The highest BCUT2D eigenvalue weighted by Gasteiger charge is 2.23. The number of piperazine rings is 1. The lowest BCUT2D eigenvalue weighted by atomic mass is 10.0. The minimum Gasteiger partial charge on any atom is -0.495 e. The lowest BCUT2D eigenvalue weighted by Gasteiger charge is -2.36. The monoisotopic (exact) mass is 409 g/mol. The van der Waals surface area contributed by atoms with Crippen molar-refractivity contribution in [3.05, 3.63) is 66.1 Å². The molecule has 0 atom stereocenters. The molecule has 30 heavy (non-hydrogen) atoms. The summed E-state index contributed by atoms with van der Waals surface area (Å²) < 4.78 is 23.9. The molecule has 0 radical (unpaired) electrons. The van der Waals surface area contributed by atoms with Crippen molar-refractivity contribution in [3.8, 4) is 17.1 Å². The maximum atomic E-state index is 13.2. The van der Waals surface area contributed by atoms with E-state index in [2.05, 4.69) is 10.1 Å². The zero-order chi connectivity index (χ0) is 20.9. The highest BCUT2D eigenvalue weighted by atomic mass is 19.1. The number of ether oxygens (including phenoxy) is 1. The van der Waals surface area contributed by atoms with E-state index in [1.165, 1.54) is 12.1 Å². The molecule has 6 nitrogen and oxygen atoms in total. The first kappa shape index (κ1) is 19.9. The van der Waals surface area contributed by atoms with Crippen LogP contribution in [-0.2, 0) is 11.2 Å². The number of para-hydroxylation sites is 2. The van der Waals surface area contributed by atoms with Crippen LogP contribution in [0, 0.1) is 5.82 Å². The van der Waals surface area contributed by atoms with Crippen LogP contribution in [0.25, 0.3) is 11.3 Å². The number of methoxy groups -OCH3 is 1. The zero-order valence-corrected chi connectivity index (χ0v) is 16.9. The number of hydrogen-bond donors (Lipinski definition) is 0. The molecule has 2 heterocycles. The smallest absolute Gasteiger partial charge is 0.223 e. The molecule has 1 fully saturated rings. The Labute approximate surface area is 174 Å². The van der Waals surface area contributed by atoms with Crippen LogP contribution in [0.5, 0.6) is 5.75 Å². The SMILES string of the molecule is COc1ccccc1N1CCN(C(=O)CCc2cnoc2-c2ccc(F)cc2)CC1. The van der Waals surface area contributed by atoms with E-state index in [4.69, 9.17) is 9.26 Å². The predicted molar refractivity (Wildman–Crippen MR) is 112 cm³/mol. The van der Waals surface area contributed by atoms with E-state index in [-0.39, 0.29) is 11.7 Å². The summed E-state index contributed by atoms with van der Waals surface area (Å²) in [6.07, 6.45) is 2.54. The fourth-order valence-corrected chi connectivity index (χ4v) is 3.76. The highest BCUT2D eigenvalue weighted by Crippen LogP contribution is 2.29. The van der Waals surface area contributed by atoms with Gasteiger partial charge >= 0.3 is 0 Å². The van der Waals surface area contributed by atoms with E-state index in [0.717, 1.165) is 35.7 Å². The zero-order valence-electron chi connectivity index (χ0n) is 16.9. The number of anilines is 1. The summed E-state index contributed by atoms with van der Waals surface area (Å²) in [5.74, 6) is 1.24. The van der Waals surface area contributed by atoms with Gasteiger partial charge in [0.2, 0.25) is 5.91 Å². The maximum absolute atomic E-state index is 13.2. The van der Waals surface area contributed by atoms with Crippen LogP contribution in [0.15, 0.2) is 59.3 Å². The second-order valence-corrected chi connectivity index (χ2v) is 7.23. The van der Waals surface area contributed by atoms with Crippen molar-refractivity contribution in [2.24, 2.45) is 0 Å². The van der Waals surface area contributed by atoms with Gasteiger partial charge in [0.15, 0.2) is 5.76 Å². The Balaban J connectivity index is 1.33. The van der Waals surface area contributed by atoms with E-state index in [0.29, 0.717) is 31.7 Å². The van der Waals surface area contributed by atoms with Crippen molar-refractivity contribution >= 4 is 11.6 Å². The Bertz CT molecular complexity index is 995. The number of carbonyl (C=O) groups excluding carboxylic acids is 1. The second kappa shape index (κ2) is 8.98. The number of carbonyl (C=O) groups is 1. The molecule has 1 amide bonds. The van der Waals surface area contributed by atoms with Gasteiger partial charge in [0.25, 0.3) is 0 Å². The number of halogens is 1. The molecule has 0 bridgehead atoms. The summed E-state index contributed by atoms with van der Waals surface area (Å²) in [5.41, 5.74) is 2.66. The van der Waals surface area contributed by atoms with Crippen LogP contribution >= 0.6 is 0 Å². The molecule has 3 aromatic rings. The van der Waals surface area contributed by atoms with Crippen molar-refractivity contribution in [2.75, 3.05) is 38.2 Å². The van der Waals surface area contributed by atoms with Gasteiger partial charge in [-0.2, -0.15) is 0 Å². The predicted octanol–water partition coefficient (Wildman–Crippen LogP) is 3.77. The third-order valence-corrected chi connectivity index (χ3v) is 5.42. The number of rotatable bonds is 6. The molecule has 0 spiro atoms. The molecule has 2 aromatic carbocycles. The molecular formula is C23H24FN3O3. The summed E-state index contributed by atoms with van der Waals surface area (Å²) in [6.45, 7) is 2.87. The van der Waals surface area contributed by atoms with E-state index in [9.17, 15) is 9.18 Å². The van der Waals surface area contributed by atoms with Crippen LogP contribution in [0.1, 0.15) is 12.0 Å². The molecule has 0 N–H and O–H groups in total. The normalized spacial score (nSPS) is 14.1. The number of aromatic nitrogens is 1.